The summed E-state index contributed by atoms with van der Waals surface area (Å²) in [6.07, 6.45) is 0.0193. The lowest BCUT2D eigenvalue weighted by Gasteiger charge is -2.13. The number of rotatable bonds is 9. The van der Waals surface area contributed by atoms with Crippen LogP contribution in [0.2, 0.25) is 5.02 Å². The highest BCUT2D eigenvalue weighted by Gasteiger charge is 2.20. The van der Waals surface area contributed by atoms with E-state index in [2.05, 4.69) is 26.1 Å². The third kappa shape index (κ3) is 7.08. The van der Waals surface area contributed by atoms with Crippen LogP contribution in [-0.4, -0.2) is 37.7 Å². The number of nitrogens with one attached hydrogen (secondary N) is 3. The van der Waals surface area contributed by atoms with E-state index in [0.717, 1.165) is 5.56 Å². The Kier molecular flexibility index (Phi) is 9.11. The van der Waals surface area contributed by atoms with Gasteiger partial charge in [0, 0.05) is 35.1 Å². The first kappa shape index (κ1) is 27.2. The van der Waals surface area contributed by atoms with Gasteiger partial charge in [-0.15, -0.1) is 10.2 Å². The van der Waals surface area contributed by atoms with Gasteiger partial charge in [0.1, 0.15) is 5.82 Å². The number of halogens is 1. The SMILES string of the molecule is Cc1c(Cl)cccc1NC(=O)Cc1nnc(SC(C)C(=O)Nc2cccc(NC(=O)C(C)C)c2)n1C. The minimum absolute atomic E-state index is 0.0193. The van der Waals surface area contributed by atoms with E-state index in [1.807, 2.05) is 20.8 Å². The molecular weight excluding hydrogens is 500 g/mol. The van der Waals surface area contributed by atoms with Crippen LogP contribution in [0.25, 0.3) is 0 Å². The number of aromatic nitrogens is 3. The van der Waals surface area contributed by atoms with Crippen molar-refractivity contribution < 1.29 is 14.4 Å². The molecule has 3 amide bonds. The molecule has 0 bridgehead atoms. The summed E-state index contributed by atoms with van der Waals surface area (Å²) in [5.74, 6) is -0.260. The van der Waals surface area contributed by atoms with E-state index in [0.29, 0.717) is 33.1 Å². The molecule has 0 radical (unpaired) electrons. The molecule has 11 heteroatoms. The van der Waals surface area contributed by atoms with Gasteiger partial charge in [-0.2, -0.15) is 0 Å². The smallest absolute Gasteiger partial charge is 0.237 e. The minimum atomic E-state index is -0.488. The molecule has 0 aliphatic carbocycles. The standard InChI is InChI=1S/C25H29ClN6O3S/c1-14(2)23(34)27-17-8-6-9-18(12-17)28-24(35)16(4)36-25-31-30-21(32(25)5)13-22(33)29-20-11-7-10-19(26)15(20)3/h6-12,14,16H,13H2,1-5H3,(H,27,34)(H,28,35)(H,29,33). The molecule has 0 aliphatic rings. The maximum atomic E-state index is 12.8. The molecule has 190 valence electrons. The molecule has 1 aromatic heterocycles. The molecule has 1 unspecified atom stereocenters. The van der Waals surface area contributed by atoms with Crippen molar-refractivity contribution >= 4 is 58.1 Å². The van der Waals surface area contributed by atoms with Gasteiger partial charge in [-0.1, -0.05) is 49.3 Å². The number of nitrogens with zero attached hydrogens (tertiary/aromatic N) is 3. The summed E-state index contributed by atoms with van der Waals surface area (Å²) in [5, 5.41) is 17.4. The van der Waals surface area contributed by atoms with Gasteiger partial charge in [-0.05, 0) is 49.7 Å². The zero-order valence-electron chi connectivity index (χ0n) is 20.8. The van der Waals surface area contributed by atoms with E-state index in [4.69, 9.17) is 11.6 Å². The largest absolute Gasteiger partial charge is 0.326 e. The molecule has 2 aromatic carbocycles. The fraction of sp³-hybridized carbons (Fsp3) is 0.320. The summed E-state index contributed by atoms with van der Waals surface area (Å²) >= 11 is 7.35. The second kappa shape index (κ2) is 12.0. The Morgan fingerprint density at radius 1 is 0.972 bits per heavy atom. The third-order valence-electron chi connectivity index (χ3n) is 5.36. The first-order valence-corrected chi connectivity index (χ1v) is 12.6. The predicted octanol–water partition coefficient (Wildman–Crippen LogP) is 4.67. The van der Waals surface area contributed by atoms with Crippen molar-refractivity contribution in [3.8, 4) is 0 Å². The number of anilines is 3. The van der Waals surface area contributed by atoms with Crippen LogP contribution in [0.15, 0.2) is 47.6 Å². The normalized spacial score (nSPS) is 11.8. The average molecular weight is 529 g/mol. The second-order valence-corrected chi connectivity index (χ2v) is 10.3. The van der Waals surface area contributed by atoms with Crippen molar-refractivity contribution in [2.45, 2.75) is 44.5 Å². The summed E-state index contributed by atoms with van der Waals surface area (Å²) in [7, 11) is 1.75. The maximum Gasteiger partial charge on any atom is 0.237 e. The Balaban J connectivity index is 1.59. The van der Waals surface area contributed by atoms with E-state index in [1.165, 1.54) is 11.8 Å². The Morgan fingerprint density at radius 3 is 2.28 bits per heavy atom. The van der Waals surface area contributed by atoms with Crippen LogP contribution >= 0.6 is 23.4 Å². The maximum absolute atomic E-state index is 12.8. The number of carbonyl (C=O) groups is 3. The Morgan fingerprint density at radius 2 is 1.61 bits per heavy atom. The molecule has 0 spiro atoms. The van der Waals surface area contributed by atoms with Crippen molar-refractivity contribution in [2.75, 3.05) is 16.0 Å². The van der Waals surface area contributed by atoms with E-state index in [-0.39, 0.29) is 30.1 Å². The molecule has 0 saturated carbocycles. The second-order valence-electron chi connectivity index (χ2n) is 8.57. The number of benzene rings is 2. The lowest BCUT2D eigenvalue weighted by atomic mass is 10.2. The molecular formula is C25H29ClN6O3S. The number of thioether (sulfide) groups is 1. The molecule has 9 nitrogen and oxygen atoms in total. The number of hydrogen-bond donors (Lipinski definition) is 3. The quantitative estimate of drug-likeness (QED) is 0.347. The predicted molar refractivity (Wildman–Crippen MR) is 143 cm³/mol. The lowest BCUT2D eigenvalue weighted by Crippen LogP contribution is -2.23. The fourth-order valence-corrected chi connectivity index (χ4v) is 4.11. The van der Waals surface area contributed by atoms with E-state index in [9.17, 15) is 14.4 Å². The first-order chi connectivity index (χ1) is 17.0. The highest BCUT2D eigenvalue weighted by atomic mass is 35.5. The Hall–Kier alpha value is -3.37. The Labute approximate surface area is 219 Å². The number of carbonyl (C=O) groups excluding carboxylic acids is 3. The van der Waals surface area contributed by atoms with Crippen molar-refractivity contribution in [1.29, 1.82) is 0 Å². The third-order valence-corrected chi connectivity index (χ3v) is 6.90. The number of amides is 3. The molecule has 0 aliphatic heterocycles. The lowest BCUT2D eigenvalue weighted by molar-refractivity contribution is -0.119. The molecule has 1 atom stereocenters. The fourth-order valence-electron chi connectivity index (χ4n) is 3.10. The van der Waals surface area contributed by atoms with Crippen molar-refractivity contribution in [2.24, 2.45) is 13.0 Å². The summed E-state index contributed by atoms with van der Waals surface area (Å²) < 4.78 is 1.70. The van der Waals surface area contributed by atoms with E-state index >= 15 is 0 Å². The molecule has 36 heavy (non-hydrogen) atoms. The van der Waals surface area contributed by atoms with Gasteiger partial charge in [0.05, 0.1) is 11.7 Å². The number of hydrogen-bond acceptors (Lipinski definition) is 6. The highest BCUT2D eigenvalue weighted by Crippen LogP contribution is 2.25. The zero-order chi connectivity index (χ0) is 26.4. The van der Waals surface area contributed by atoms with Crippen LogP contribution in [0.5, 0.6) is 0 Å². The topological polar surface area (TPSA) is 118 Å². The van der Waals surface area contributed by atoms with Crippen LogP contribution in [0.3, 0.4) is 0 Å². The van der Waals surface area contributed by atoms with E-state index in [1.54, 1.807) is 61.0 Å². The van der Waals surface area contributed by atoms with Gasteiger partial charge in [0.15, 0.2) is 5.16 Å². The van der Waals surface area contributed by atoms with Crippen LogP contribution < -0.4 is 16.0 Å². The molecule has 3 N–H and O–H groups in total. The highest BCUT2D eigenvalue weighted by molar-refractivity contribution is 8.00. The van der Waals surface area contributed by atoms with Crippen LogP contribution in [0, 0.1) is 12.8 Å². The van der Waals surface area contributed by atoms with Gasteiger partial charge in [-0.3, -0.25) is 14.4 Å². The Bertz CT molecular complexity index is 1280. The van der Waals surface area contributed by atoms with Gasteiger partial charge in [0.2, 0.25) is 17.7 Å². The molecule has 0 saturated heterocycles. The molecule has 0 fully saturated rings. The molecule has 3 aromatic rings. The summed E-state index contributed by atoms with van der Waals surface area (Å²) in [5.41, 5.74) is 2.61. The average Bonchev–Trinajstić information content (AvgIpc) is 3.15. The minimum Gasteiger partial charge on any atom is -0.326 e. The molecule has 1 heterocycles. The van der Waals surface area contributed by atoms with Crippen molar-refractivity contribution in [3.05, 3.63) is 58.9 Å². The van der Waals surface area contributed by atoms with Crippen molar-refractivity contribution in [3.63, 3.8) is 0 Å². The van der Waals surface area contributed by atoms with Crippen LogP contribution in [0.1, 0.15) is 32.2 Å². The van der Waals surface area contributed by atoms with Crippen LogP contribution in [0.4, 0.5) is 17.1 Å². The summed E-state index contributed by atoms with van der Waals surface area (Å²) in [6.45, 7) is 7.21. The van der Waals surface area contributed by atoms with Gasteiger partial charge in [-0.25, -0.2) is 0 Å². The summed E-state index contributed by atoms with van der Waals surface area (Å²) in [6, 6.07) is 12.3. The van der Waals surface area contributed by atoms with Gasteiger partial charge < -0.3 is 20.5 Å². The van der Waals surface area contributed by atoms with Gasteiger partial charge >= 0.3 is 0 Å². The van der Waals surface area contributed by atoms with Gasteiger partial charge in [0.25, 0.3) is 0 Å². The monoisotopic (exact) mass is 528 g/mol. The first-order valence-electron chi connectivity index (χ1n) is 11.4. The molecule has 3 rings (SSSR count). The van der Waals surface area contributed by atoms with Crippen LogP contribution in [-0.2, 0) is 27.9 Å². The van der Waals surface area contributed by atoms with Crippen molar-refractivity contribution in [1.82, 2.24) is 14.8 Å². The van der Waals surface area contributed by atoms with E-state index < -0.39 is 5.25 Å². The zero-order valence-corrected chi connectivity index (χ0v) is 22.3. The summed E-state index contributed by atoms with van der Waals surface area (Å²) in [4.78, 5) is 37.2.